The summed E-state index contributed by atoms with van der Waals surface area (Å²) in [7, 11) is 3.96. The summed E-state index contributed by atoms with van der Waals surface area (Å²) in [6.07, 6.45) is 0. The SMILES string of the molecule is CN(C)CCN1C(N)=NCC1c1cc(O)cc(F)c1. The average Bonchev–Trinajstić information content (AvgIpc) is 2.66. The zero-order valence-corrected chi connectivity index (χ0v) is 11.2. The lowest BCUT2D eigenvalue weighted by Gasteiger charge is -2.28. The molecule has 1 unspecified atom stereocenters. The van der Waals surface area contributed by atoms with E-state index in [1.165, 1.54) is 6.07 Å². The van der Waals surface area contributed by atoms with Crippen LogP contribution >= 0.6 is 0 Å². The van der Waals surface area contributed by atoms with Gasteiger partial charge in [-0.3, -0.25) is 4.99 Å². The Morgan fingerprint density at radius 1 is 1.47 bits per heavy atom. The van der Waals surface area contributed by atoms with Gasteiger partial charge in [0.25, 0.3) is 0 Å². The van der Waals surface area contributed by atoms with Gasteiger partial charge in [-0.15, -0.1) is 0 Å². The molecule has 2 rings (SSSR count). The molecule has 0 amide bonds. The molecule has 0 fully saturated rings. The van der Waals surface area contributed by atoms with Gasteiger partial charge in [0.1, 0.15) is 11.6 Å². The smallest absolute Gasteiger partial charge is 0.191 e. The minimum atomic E-state index is -0.451. The number of hydrogen-bond acceptors (Lipinski definition) is 5. The Morgan fingerprint density at radius 3 is 2.84 bits per heavy atom. The Morgan fingerprint density at radius 2 is 2.21 bits per heavy atom. The Labute approximate surface area is 112 Å². The second kappa shape index (κ2) is 5.44. The van der Waals surface area contributed by atoms with Crippen LogP contribution < -0.4 is 5.73 Å². The summed E-state index contributed by atoms with van der Waals surface area (Å²) in [5.41, 5.74) is 6.57. The van der Waals surface area contributed by atoms with E-state index in [1.54, 1.807) is 6.07 Å². The van der Waals surface area contributed by atoms with Crippen LogP contribution in [0.4, 0.5) is 4.39 Å². The fourth-order valence-corrected chi connectivity index (χ4v) is 2.18. The number of phenols is 1. The van der Waals surface area contributed by atoms with E-state index in [9.17, 15) is 9.50 Å². The van der Waals surface area contributed by atoms with E-state index in [1.807, 2.05) is 23.9 Å². The lowest BCUT2D eigenvalue weighted by atomic mass is 10.1. The van der Waals surface area contributed by atoms with E-state index < -0.39 is 5.82 Å². The van der Waals surface area contributed by atoms with Crippen LogP contribution in [0.25, 0.3) is 0 Å². The summed E-state index contributed by atoms with van der Waals surface area (Å²) >= 11 is 0. The second-order valence-corrected chi connectivity index (χ2v) is 4.95. The van der Waals surface area contributed by atoms with E-state index in [0.717, 1.165) is 12.6 Å². The lowest BCUT2D eigenvalue weighted by molar-refractivity contribution is 0.292. The number of hydrogen-bond donors (Lipinski definition) is 2. The summed E-state index contributed by atoms with van der Waals surface area (Å²) in [6.45, 7) is 2.03. The molecule has 5 nitrogen and oxygen atoms in total. The molecule has 0 saturated carbocycles. The predicted molar refractivity (Wildman–Crippen MR) is 72.6 cm³/mol. The number of likely N-dealkylation sites (N-methyl/N-ethyl adjacent to an activating group) is 1. The van der Waals surface area contributed by atoms with Crippen molar-refractivity contribution in [3.8, 4) is 5.75 Å². The third kappa shape index (κ3) is 3.14. The highest BCUT2D eigenvalue weighted by atomic mass is 19.1. The first kappa shape index (κ1) is 13.6. The maximum absolute atomic E-state index is 13.4. The van der Waals surface area contributed by atoms with Crippen molar-refractivity contribution >= 4 is 5.96 Å². The van der Waals surface area contributed by atoms with Crippen molar-refractivity contribution in [1.82, 2.24) is 9.80 Å². The first-order valence-corrected chi connectivity index (χ1v) is 6.18. The molecule has 0 bridgehead atoms. The summed E-state index contributed by atoms with van der Waals surface area (Å²) in [4.78, 5) is 8.20. The molecule has 3 N–H and O–H groups in total. The van der Waals surface area contributed by atoms with E-state index in [0.29, 0.717) is 24.6 Å². The third-order valence-corrected chi connectivity index (χ3v) is 3.17. The zero-order valence-electron chi connectivity index (χ0n) is 11.2. The fraction of sp³-hybridized carbons (Fsp3) is 0.462. The second-order valence-electron chi connectivity index (χ2n) is 4.95. The fourth-order valence-electron chi connectivity index (χ4n) is 2.18. The summed E-state index contributed by atoms with van der Waals surface area (Å²) < 4.78 is 13.4. The number of nitrogens with two attached hydrogens (primary N) is 1. The van der Waals surface area contributed by atoms with E-state index >= 15 is 0 Å². The standard InChI is InChI=1S/C13H19FN4O/c1-17(2)3-4-18-12(8-16-13(18)15)9-5-10(14)7-11(19)6-9/h5-7,12,19H,3-4,8H2,1-2H3,(H2,15,16). The predicted octanol–water partition coefficient (Wildman–Crippen LogP) is 0.764. The van der Waals surface area contributed by atoms with E-state index in [2.05, 4.69) is 4.99 Å². The molecular weight excluding hydrogens is 247 g/mol. The van der Waals surface area contributed by atoms with Crippen molar-refractivity contribution in [2.45, 2.75) is 6.04 Å². The van der Waals surface area contributed by atoms with Crippen LogP contribution in [-0.4, -0.2) is 54.6 Å². The average molecular weight is 266 g/mol. The normalized spacial score (nSPS) is 19.1. The van der Waals surface area contributed by atoms with Gasteiger partial charge in [-0.25, -0.2) is 4.39 Å². The number of nitrogens with zero attached hydrogens (tertiary/aromatic N) is 3. The number of benzene rings is 1. The molecule has 19 heavy (non-hydrogen) atoms. The van der Waals surface area contributed by atoms with Crippen molar-refractivity contribution in [1.29, 1.82) is 0 Å². The molecule has 1 atom stereocenters. The van der Waals surface area contributed by atoms with Crippen LogP contribution in [-0.2, 0) is 0 Å². The van der Waals surface area contributed by atoms with Gasteiger partial charge in [0, 0.05) is 19.2 Å². The van der Waals surface area contributed by atoms with Gasteiger partial charge < -0.3 is 20.6 Å². The summed E-state index contributed by atoms with van der Waals surface area (Å²) in [6, 6.07) is 3.96. The Hall–Kier alpha value is -1.82. The molecule has 1 aliphatic rings. The molecule has 1 heterocycles. The largest absolute Gasteiger partial charge is 0.508 e. The molecule has 1 aromatic carbocycles. The van der Waals surface area contributed by atoms with Crippen molar-refractivity contribution in [3.05, 3.63) is 29.6 Å². The summed E-state index contributed by atoms with van der Waals surface area (Å²) in [5.74, 6) is -0.0586. The van der Waals surface area contributed by atoms with Gasteiger partial charge in [0.2, 0.25) is 0 Å². The van der Waals surface area contributed by atoms with Crippen LogP contribution in [0.15, 0.2) is 23.2 Å². The van der Waals surface area contributed by atoms with Crippen molar-refractivity contribution in [2.75, 3.05) is 33.7 Å². The van der Waals surface area contributed by atoms with Crippen molar-refractivity contribution in [2.24, 2.45) is 10.7 Å². The van der Waals surface area contributed by atoms with Gasteiger partial charge in [-0.2, -0.15) is 0 Å². The first-order valence-electron chi connectivity index (χ1n) is 6.18. The maximum atomic E-state index is 13.4. The highest BCUT2D eigenvalue weighted by molar-refractivity contribution is 5.80. The van der Waals surface area contributed by atoms with Crippen LogP contribution in [0, 0.1) is 5.82 Å². The molecule has 0 saturated heterocycles. The molecule has 1 aromatic rings. The molecular formula is C13H19FN4O. The molecule has 0 aromatic heterocycles. The lowest BCUT2D eigenvalue weighted by Crippen LogP contribution is -2.40. The quantitative estimate of drug-likeness (QED) is 0.844. The van der Waals surface area contributed by atoms with Gasteiger partial charge >= 0.3 is 0 Å². The van der Waals surface area contributed by atoms with Crippen molar-refractivity contribution < 1.29 is 9.50 Å². The zero-order chi connectivity index (χ0) is 14.0. The monoisotopic (exact) mass is 266 g/mol. The molecule has 0 radical (unpaired) electrons. The number of guanidine groups is 1. The number of rotatable bonds is 4. The molecule has 1 aliphatic heterocycles. The molecule has 0 aliphatic carbocycles. The van der Waals surface area contributed by atoms with E-state index in [4.69, 9.17) is 5.73 Å². The minimum Gasteiger partial charge on any atom is -0.508 e. The van der Waals surface area contributed by atoms with Crippen LogP contribution in [0.5, 0.6) is 5.75 Å². The van der Waals surface area contributed by atoms with Gasteiger partial charge in [0.05, 0.1) is 12.6 Å². The maximum Gasteiger partial charge on any atom is 0.191 e. The molecule has 104 valence electrons. The Balaban J connectivity index is 2.18. The third-order valence-electron chi connectivity index (χ3n) is 3.17. The highest BCUT2D eigenvalue weighted by Crippen LogP contribution is 2.28. The van der Waals surface area contributed by atoms with Crippen LogP contribution in [0.3, 0.4) is 0 Å². The van der Waals surface area contributed by atoms with Gasteiger partial charge in [0.15, 0.2) is 5.96 Å². The Bertz CT molecular complexity index is 469. The van der Waals surface area contributed by atoms with Crippen LogP contribution in [0.1, 0.15) is 11.6 Å². The van der Waals surface area contributed by atoms with Gasteiger partial charge in [-0.1, -0.05) is 0 Å². The van der Waals surface area contributed by atoms with Crippen LogP contribution in [0.2, 0.25) is 0 Å². The number of aliphatic imine (C=N–C) groups is 1. The minimum absolute atomic E-state index is 0.0759. The van der Waals surface area contributed by atoms with E-state index in [-0.39, 0.29) is 11.8 Å². The topological polar surface area (TPSA) is 65.1 Å². The molecule has 0 spiro atoms. The number of aromatic hydroxyl groups is 1. The molecule has 6 heteroatoms. The first-order chi connectivity index (χ1) is 8.97. The Kier molecular flexibility index (Phi) is 3.90. The highest BCUT2D eigenvalue weighted by Gasteiger charge is 2.27. The number of halogens is 1. The summed E-state index contributed by atoms with van der Waals surface area (Å²) in [5, 5.41) is 9.49. The van der Waals surface area contributed by atoms with Gasteiger partial charge in [-0.05, 0) is 31.8 Å². The number of phenolic OH excluding ortho intramolecular Hbond substituents is 1. The van der Waals surface area contributed by atoms with Crippen molar-refractivity contribution in [3.63, 3.8) is 0 Å².